The molecule has 1 aromatic carbocycles. The molecule has 0 spiro atoms. The summed E-state index contributed by atoms with van der Waals surface area (Å²) < 4.78 is 6.06. The highest BCUT2D eigenvalue weighted by Gasteiger charge is 2.31. The molecular weight excluding hydrogens is 290 g/mol. The molecule has 1 saturated heterocycles. The molecule has 2 aromatic rings. The van der Waals surface area contributed by atoms with Crippen molar-refractivity contribution < 1.29 is 14.3 Å². The van der Waals surface area contributed by atoms with E-state index in [0.29, 0.717) is 12.3 Å². The van der Waals surface area contributed by atoms with E-state index in [1.807, 2.05) is 12.1 Å². The summed E-state index contributed by atoms with van der Waals surface area (Å²) in [5, 5.41) is 13.9. The molecule has 3 rings (SSSR count). The predicted molar refractivity (Wildman–Crippen MR) is 90.6 cm³/mol. The Labute approximate surface area is 136 Å². The summed E-state index contributed by atoms with van der Waals surface area (Å²) in [6.45, 7) is 6.08. The second-order valence-electron chi connectivity index (χ2n) is 7.05. The summed E-state index contributed by atoms with van der Waals surface area (Å²) in [4.78, 5) is 11.6. The quantitative estimate of drug-likeness (QED) is 0.856. The fraction of sp³-hybridized carbons (Fsp3) is 0.526. The first-order valence-electron chi connectivity index (χ1n) is 8.48. The third-order valence-corrected chi connectivity index (χ3v) is 4.71. The van der Waals surface area contributed by atoms with Crippen LogP contribution in [-0.4, -0.2) is 24.2 Å². The van der Waals surface area contributed by atoms with E-state index in [4.69, 9.17) is 4.42 Å². The Morgan fingerprint density at radius 3 is 2.87 bits per heavy atom. The number of benzene rings is 1. The highest BCUT2D eigenvalue weighted by atomic mass is 16.4. The van der Waals surface area contributed by atoms with Crippen molar-refractivity contribution in [1.82, 2.24) is 5.32 Å². The van der Waals surface area contributed by atoms with Gasteiger partial charge in [-0.3, -0.25) is 4.79 Å². The van der Waals surface area contributed by atoms with Crippen LogP contribution in [0.3, 0.4) is 0 Å². The van der Waals surface area contributed by atoms with Gasteiger partial charge in [-0.25, -0.2) is 0 Å². The van der Waals surface area contributed by atoms with Gasteiger partial charge in [0.1, 0.15) is 11.3 Å². The van der Waals surface area contributed by atoms with Gasteiger partial charge in [0.05, 0.1) is 5.92 Å². The van der Waals surface area contributed by atoms with Gasteiger partial charge in [0.2, 0.25) is 0 Å². The van der Waals surface area contributed by atoms with Gasteiger partial charge in [0, 0.05) is 11.8 Å². The summed E-state index contributed by atoms with van der Waals surface area (Å²) in [5.41, 5.74) is 2.13. The molecule has 1 aliphatic heterocycles. The lowest BCUT2D eigenvalue weighted by Gasteiger charge is -2.17. The molecule has 4 heteroatoms. The van der Waals surface area contributed by atoms with Crippen LogP contribution in [0, 0.1) is 17.8 Å². The van der Waals surface area contributed by atoms with Gasteiger partial charge in [-0.15, -0.1) is 0 Å². The van der Waals surface area contributed by atoms with Crippen molar-refractivity contribution in [3.8, 4) is 0 Å². The fourth-order valence-electron chi connectivity index (χ4n) is 3.57. The third-order valence-electron chi connectivity index (χ3n) is 4.71. The van der Waals surface area contributed by atoms with Crippen molar-refractivity contribution in [3.05, 3.63) is 35.6 Å². The Bertz CT molecular complexity index is 683. The van der Waals surface area contributed by atoms with E-state index in [-0.39, 0.29) is 11.8 Å². The van der Waals surface area contributed by atoms with Crippen LogP contribution in [-0.2, 0) is 17.6 Å². The second-order valence-corrected chi connectivity index (χ2v) is 7.05. The summed E-state index contributed by atoms with van der Waals surface area (Å²) in [6, 6.07) is 8.20. The first-order chi connectivity index (χ1) is 11.0. The fourth-order valence-corrected chi connectivity index (χ4v) is 3.57. The zero-order valence-corrected chi connectivity index (χ0v) is 13.8. The van der Waals surface area contributed by atoms with E-state index in [1.54, 1.807) is 0 Å². The molecule has 2 atom stereocenters. The molecular formula is C19H25NO3. The van der Waals surface area contributed by atoms with E-state index in [9.17, 15) is 9.90 Å². The van der Waals surface area contributed by atoms with E-state index in [0.717, 1.165) is 42.7 Å². The van der Waals surface area contributed by atoms with Crippen LogP contribution in [0.5, 0.6) is 0 Å². The molecule has 0 aliphatic carbocycles. The number of furan rings is 1. The highest BCUT2D eigenvalue weighted by Crippen LogP contribution is 2.29. The van der Waals surface area contributed by atoms with Gasteiger partial charge in [-0.05, 0) is 49.4 Å². The second kappa shape index (κ2) is 6.75. The van der Waals surface area contributed by atoms with Crippen LogP contribution in [0.25, 0.3) is 11.0 Å². The lowest BCUT2D eigenvalue weighted by molar-refractivity contribution is -0.143. The average molecular weight is 315 g/mol. The molecule has 2 N–H and O–H groups in total. The minimum atomic E-state index is -0.721. The first-order valence-corrected chi connectivity index (χ1v) is 8.48. The number of hydrogen-bond donors (Lipinski definition) is 2. The maximum Gasteiger partial charge on any atom is 0.307 e. The number of fused-ring (bicyclic) bond motifs is 1. The molecule has 124 valence electrons. The Hall–Kier alpha value is -1.81. The van der Waals surface area contributed by atoms with Crippen LogP contribution in [0.2, 0.25) is 0 Å². The summed E-state index contributed by atoms with van der Waals surface area (Å²) in [5.74, 6) is 0.442. The maximum atomic E-state index is 11.6. The predicted octanol–water partition coefficient (Wildman–Crippen LogP) is 3.48. The summed E-state index contributed by atoms with van der Waals surface area (Å²) in [7, 11) is 0. The van der Waals surface area contributed by atoms with Crippen molar-refractivity contribution in [3.63, 3.8) is 0 Å². The van der Waals surface area contributed by atoms with E-state index in [2.05, 4.69) is 31.3 Å². The lowest BCUT2D eigenvalue weighted by atomic mass is 9.88. The number of aliphatic carboxylic acids is 1. The van der Waals surface area contributed by atoms with Gasteiger partial charge < -0.3 is 14.8 Å². The van der Waals surface area contributed by atoms with Crippen molar-refractivity contribution in [2.24, 2.45) is 17.8 Å². The minimum Gasteiger partial charge on any atom is -0.481 e. The molecule has 0 radical (unpaired) electrons. The number of hydrogen-bond acceptors (Lipinski definition) is 3. The third kappa shape index (κ3) is 3.58. The molecule has 4 nitrogen and oxygen atoms in total. The SMILES string of the molecule is CC(C)Cc1cccc2cc(CC(C(=O)O)C3CCNC3)oc12. The molecule has 1 fully saturated rings. The van der Waals surface area contributed by atoms with Crippen molar-refractivity contribution in [2.45, 2.75) is 33.1 Å². The number of para-hydroxylation sites is 1. The van der Waals surface area contributed by atoms with Gasteiger partial charge in [0.15, 0.2) is 0 Å². The van der Waals surface area contributed by atoms with Crippen molar-refractivity contribution in [1.29, 1.82) is 0 Å². The summed E-state index contributed by atoms with van der Waals surface area (Å²) in [6.07, 6.45) is 2.37. The zero-order chi connectivity index (χ0) is 16.4. The number of carboxylic acids is 1. The molecule has 1 aliphatic rings. The van der Waals surface area contributed by atoms with E-state index >= 15 is 0 Å². The van der Waals surface area contributed by atoms with Crippen LogP contribution < -0.4 is 5.32 Å². The minimum absolute atomic E-state index is 0.191. The molecule has 2 heterocycles. The average Bonchev–Trinajstić information content (AvgIpc) is 3.13. The number of carbonyl (C=O) groups is 1. The van der Waals surface area contributed by atoms with Gasteiger partial charge in [-0.1, -0.05) is 32.0 Å². The molecule has 1 aromatic heterocycles. The molecule has 0 bridgehead atoms. The number of carboxylic acid groups (broad SMARTS) is 1. The van der Waals surface area contributed by atoms with Crippen molar-refractivity contribution >= 4 is 16.9 Å². The molecule has 0 saturated carbocycles. The summed E-state index contributed by atoms with van der Waals surface area (Å²) >= 11 is 0. The Morgan fingerprint density at radius 2 is 2.22 bits per heavy atom. The lowest BCUT2D eigenvalue weighted by Crippen LogP contribution is -2.27. The molecule has 23 heavy (non-hydrogen) atoms. The number of nitrogens with one attached hydrogen (secondary N) is 1. The van der Waals surface area contributed by atoms with Gasteiger partial charge in [0.25, 0.3) is 0 Å². The smallest absolute Gasteiger partial charge is 0.307 e. The number of rotatable bonds is 6. The zero-order valence-electron chi connectivity index (χ0n) is 13.8. The maximum absolute atomic E-state index is 11.6. The van der Waals surface area contributed by atoms with E-state index < -0.39 is 5.97 Å². The monoisotopic (exact) mass is 315 g/mol. The Kier molecular flexibility index (Phi) is 4.71. The van der Waals surface area contributed by atoms with Crippen LogP contribution in [0.4, 0.5) is 0 Å². The Balaban J connectivity index is 1.86. The van der Waals surface area contributed by atoms with Crippen LogP contribution >= 0.6 is 0 Å². The van der Waals surface area contributed by atoms with Crippen LogP contribution in [0.15, 0.2) is 28.7 Å². The molecule has 2 unspecified atom stereocenters. The normalized spacial score (nSPS) is 19.5. The first kappa shape index (κ1) is 16.1. The topological polar surface area (TPSA) is 62.5 Å². The van der Waals surface area contributed by atoms with E-state index in [1.165, 1.54) is 5.56 Å². The van der Waals surface area contributed by atoms with Crippen molar-refractivity contribution in [2.75, 3.05) is 13.1 Å². The molecule has 0 amide bonds. The highest BCUT2D eigenvalue weighted by molar-refractivity contribution is 5.81. The largest absolute Gasteiger partial charge is 0.481 e. The standard InChI is InChI=1S/C19H25NO3/c1-12(2)8-13-4-3-5-14-9-16(23-18(13)14)10-17(19(21)22)15-6-7-20-11-15/h3-5,9,12,15,17,20H,6-8,10-11H2,1-2H3,(H,21,22). The van der Waals surface area contributed by atoms with Gasteiger partial charge >= 0.3 is 5.97 Å². The Morgan fingerprint density at radius 1 is 1.39 bits per heavy atom. The van der Waals surface area contributed by atoms with Gasteiger partial charge in [-0.2, -0.15) is 0 Å². The van der Waals surface area contributed by atoms with Crippen LogP contribution in [0.1, 0.15) is 31.6 Å².